The van der Waals surface area contributed by atoms with Crippen molar-refractivity contribution in [3.8, 4) is 0 Å². The van der Waals surface area contributed by atoms with Crippen molar-refractivity contribution in [1.29, 1.82) is 0 Å². The van der Waals surface area contributed by atoms with Crippen LogP contribution in [-0.2, 0) is 10.0 Å². The predicted octanol–water partition coefficient (Wildman–Crippen LogP) is 2.28. The SMILES string of the molecule is CN(C)S(=O)(=O)c1cc(C(=O)O)c(N2CCCCC2)cc1Cl. The van der Waals surface area contributed by atoms with Gasteiger partial charge in [-0.15, -0.1) is 0 Å². The van der Waals surface area contributed by atoms with Gasteiger partial charge in [-0.3, -0.25) is 0 Å². The topological polar surface area (TPSA) is 77.9 Å². The number of piperidine rings is 1. The fourth-order valence-corrected chi connectivity index (χ4v) is 3.92. The number of nitrogens with zero attached hydrogens (tertiary/aromatic N) is 2. The molecule has 1 fully saturated rings. The molecule has 0 amide bonds. The summed E-state index contributed by atoms with van der Waals surface area (Å²) in [4.78, 5) is 13.3. The second-order valence-corrected chi connectivity index (χ2v) is 7.97. The normalized spacial score (nSPS) is 16.1. The number of carboxylic acids is 1. The van der Waals surface area contributed by atoms with E-state index in [0.29, 0.717) is 5.69 Å². The molecule has 1 aromatic rings. The highest BCUT2D eigenvalue weighted by molar-refractivity contribution is 7.89. The van der Waals surface area contributed by atoms with E-state index < -0.39 is 16.0 Å². The zero-order chi connectivity index (χ0) is 16.5. The molecule has 1 aromatic carbocycles. The molecule has 0 bridgehead atoms. The Morgan fingerprint density at radius 1 is 1.23 bits per heavy atom. The summed E-state index contributed by atoms with van der Waals surface area (Å²) in [5, 5.41) is 9.48. The van der Waals surface area contributed by atoms with Gasteiger partial charge in [-0.25, -0.2) is 17.5 Å². The van der Waals surface area contributed by atoms with Gasteiger partial charge in [0.2, 0.25) is 10.0 Å². The van der Waals surface area contributed by atoms with Crippen LogP contribution in [0.4, 0.5) is 5.69 Å². The van der Waals surface area contributed by atoms with Crippen LogP contribution in [0, 0.1) is 0 Å². The number of carboxylic acid groups (broad SMARTS) is 1. The Morgan fingerprint density at radius 3 is 2.32 bits per heavy atom. The van der Waals surface area contributed by atoms with Crippen molar-refractivity contribution in [2.24, 2.45) is 0 Å². The lowest BCUT2D eigenvalue weighted by Crippen LogP contribution is -2.31. The summed E-state index contributed by atoms with van der Waals surface area (Å²) >= 11 is 6.13. The standard InChI is InChI=1S/C14H19ClN2O4S/c1-16(2)22(20,21)13-8-10(14(18)19)12(9-11(13)15)17-6-4-3-5-7-17/h8-9H,3-7H2,1-2H3,(H,18,19). The lowest BCUT2D eigenvalue weighted by atomic mass is 10.1. The highest BCUT2D eigenvalue weighted by Crippen LogP contribution is 2.33. The third-order valence-corrected chi connectivity index (χ3v) is 6.02. The van der Waals surface area contributed by atoms with Crippen LogP contribution >= 0.6 is 11.6 Å². The van der Waals surface area contributed by atoms with E-state index in [1.54, 1.807) is 0 Å². The molecule has 1 heterocycles. The van der Waals surface area contributed by atoms with Gasteiger partial charge < -0.3 is 10.0 Å². The number of hydrogen-bond acceptors (Lipinski definition) is 4. The summed E-state index contributed by atoms with van der Waals surface area (Å²) in [5.41, 5.74) is 0.446. The van der Waals surface area contributed by atoms with Crippen molar-refractivity contribution in [1.82, 2.24) is 4.31 Å². The minimum atomic E-state index is -3.79. The Bertz CT molecular complexity index is 682. The quantitative estimate of drug-likeness (QED) is 0.904. The zero-order valence-electron chi connectivity index (χ0n) is 12.5. The van der Waals surface area contributed by atoms with Gasteiger partial charge >= 0.3 is 5.97 Å². The first-order valence-corrected chi connectivity index (χ1v) is 8.81. The average Bonchev–Trinajstić information content (AvgIpc) is 2.47. The zero-order valence-corrected chi connectivity index (χ0v) is 14.1. The molecule has 6 nitrogen and oxygen atoms in total. The van der Waals surface area contributed by atoms with Gasteiger partial charge in [-0.05, 0) is 31.4 Å². The van der Waals surface area contributed by atoms with E-state index >= 15 is 0 Å². The van der Waals surface area contributed by atoms with Crippen LogP contribution in [0.1, 0.15) is 29.6 Å². The number of carbonyl (C=O) groups is 1. The molecule has 0 atom stereocenters. The second kappa shape index (κ2) is 6.44. The molecule has 1 N–H and O–H groups in total. The molecule has 22 heavy (non-hydrogen) atoms. The highest BCUT2D eigenvalue weighted by Gasteiger charge is 2.26. The molecule has 1 aliphatic rings. The van der Waals surface area contributed by atoms with Gasteiger partial charge in [0.25, 0.3) is 0 Å². The summed E-state index contributed by atoms with van der Waals surface area (Å²) < 4.78 is 25.5. The number of halogens is 1. The van der Waals surface area contributed by atoms with E-state index in [1.807, 2.05) is 4.90 Å². The maximum absolute atomic E-state index is 12.3. The van der Waals surface area contributed by atoms with Gasteiger partial charge in [-0.2, -0.15) is 0 Å². The Hall–Kier alpha value is -1.31. The van der Waals surface area contributed by atoms with Gasteiger partial charge in [0.05, 0.1) is 16.3 Å². The van der Waals surface area contributed by atoms with Crippen molar-refractivity contribution in [2.45, 2.75) is 24.2 Å². The summed E-state index contributed by atoms with van der Waals surface area (Å²) in [7, 11) is -1.03. The van der Waals surface area contributed by atoms with E-state index in [4.69, 9.17) is 11.6 Å². The molecule has 0 spiro atoms. The fourth-order valence-electron chi connectivity index (χ4n) is 2.51. The van der Waals surface area contributed by atoms with Crippen LogP contribution in [0.3, 0.4) is 0 Å². The number of rotatable bonds is 4. The minimum Gasteiger partial charge on any atom is -0.478 e. The van der Waals surface area contributed by atoms with Crippen LogP contribution in [0.25, 0.3) is 0 Å². The summed E-state index contributed by atoms with van der Waals surface area (Å²) in [6, 6.07) is 2.61. The summed E-state index contributed by atoms with van der Waals surface area (Å²) in [6.45, 7) is 1.49. The third-order valence-electron chi connectivity index (χ3n) is 3.74. The van der Waals surface area contributed by atoms with E-state index in [1.165, 1.54) is 20.2 Å². The largest absolute Gasteiger partial charge is 0.478 e. The van der Waals surface area contributed by atoms with Gasteiger partial charge in [0.1, 0.15) is 4.90 Å². The molecule has 122 valence electrons. The molecule has 0 aliphatic carbocycles. The van der Waals surface area contributed by atoms with E-state index in [-0.39, 0.29) is 15.5 Å². The van der Waals surface area contributed by atoms with Crippen LogP contribution in [-0.4, -0.2) is 51.0 Å². The molecule has 1 aliphatic heterocycles. The van der Waals surface area contributed by atoms with E-state index in [2.05, 4.69) is 0 Å². The summed E-state index contributed by atoms with van der Waals surface area (Å²) in [6.07, 6.45) is 3.07. The van der Waals surface area contributed by atoms with Gasteiger partial charge in [-0.1, -0.05) is 11.6 Å². The number of aromatic carboxylic acids is 1. The third kappa shape index (κ3) is 3.21. The van der Waals surface area contributed by atoms with Crippen molar-refractivity contribution in [2.75, 3.05) is 32.1 Å². The Balaban J connectivity index is 2.58. The summed E-state index contributed by atoms with van der Waals surface area (Å²) in [5.74, 6) is -1.16. The molecule has 0 saturated carbocycles. The number of anilines is 1. The van der Waals surface area contributed by atoms with E-state index in [0.717, 1.165) is 42.7 Å². The number of sulfonamides is 1. The molecule has 0 radical (unpaired) electrons. The van der Waals surface area contributed by atoms with Gasteiger partial charge in [0.15, 0.2) is 0 Å². The first kappa shape index (κ1) is 17.1. The van der Waals surface area contributed by atoms with Crippen molar-refractivity contribution in [3.63, 3.8) is 0 Å². The second-order valence-electron chi connectivity index (χ2n) is 5.44. The Labute approximate surface area is 135 Å². The molecule has 0 unspecified atom stereocenters. The molecule has 0 aromatic heterocycles. The average molecular weight is 347 g/mol. The minimum absolute atomic E-state index is 0.0354. The monoisotopic (exact) mass is 346 g/mol. The first-order chi connectivity index (χ1) is 10.2. The van der Waals surface area contributed by atoms with Crippen molar-refractivity contribution < 1.29 is 18.3 Å². The molecular weight excluding hydrogens is 328 g/mol. The predicted molar refractivity (Wildman–Crippen MR) is 85.3 cm³/mol. The highest BCUT2D eigenvalue weighted by atomic mass is 35.5. The maximum atomic E-state index is 12.3. The van der Waals surface area contributed by atoms with Crippen LogP contribution < -0.4 is 4.90 Å². The molecule has 1 saturated heterocycles. The van der Waals surface area contributed by atoms with E-state index in [9.17, 15) is 18.3 Å². The van der Waals surface area contributed by atoms with Crippen molar-refractivity contribution in [3.05, 3.63) is 22.7 Å². The molecular formula is C14H19ClN2O4S. The first-order valence-electron chi connectivity index (χ1n) is 6.99. The number of hydrogen-bond donors (Lipinski definition) is 1. The van der Waals surface area contributed by atoms with Gasteiger partial charge in [0, 0.05) is 27.2 Å². The lowest BCUT2D eigenvalue weighted by molar-refractivity contribution is 0.0697. The Morgan fingerprint density at radius 2 is 1.82 bits per heavy atom. The van der Waals surface area contributed by atoms with Crippen LogP contribution in [0.5, 0.6) is 0 Å². The lowest BCUT2D eigenvalue weighted by Gasteiger charge is -2.30. The van der Waals surface area contributed by atoms with Crippen LogP contribution in [0.15, 0.2) is 17.0 Å². The smallest absolute Gasteiger partial charge is 0.337 e. The van der Waals surface area contributed by atoms with Crippen molar-refractivity contribution >= 4 is 33.3 Å². The fraction of sp³-hybridized carbons (Fsp3) is 0.500. The maximum Gasteiger partial charge on any atom is 0.337 e. The Kier molecular flexibility index (Phi) is 4.99. The molecule has 8 heteroatoms. The number of benzene rings is 1. The molecule has 2 rings (SSSR count). The van der Waals surface area contributed by atoms with Crippen LogP contribution in [0.2, 0.25) is 5.02 Å².